The van der Waals surface area contributed by atoms with Crippen molar-refractivity contribution in [3.63, 3.8) is 0 Å². The minimum Gasteiger partial charge on any atom is -0.372 e. The lowest BCUT2D eigenvalue weighted by molar-refractivity contribution is 0.0940. The molecule has 6 nitrogen and oxygen atoms in total. The van der Waals surface area contributed by atoms with Gasteiger partial charge in [-0.05, 0) is 67.6 Å². The molecule has 0 aromatic heterocycles. The molecule has 7 heteroatoms. The first-order valence-electron chi connectivity index (χ1n) is 9.95. The quantitative estimate of drug-likeness (QED) is 0.752. The number of anilines is 2. The molecular weight excluding hydrogens is 386 g/mol. The topological polar surface area (TPSA) is 78.5 Å². The Bertz CT molecular complexity index is 932. The summed E-state index contributed by atoms with van der Waals surface area (Å²) >= 11 is 0. The second kappa shape index (κ2) is 8.86. The van der Waals surface area contributed by atoms with Crippen LogP contribution in [0.25, 0.3) is 0 Å². The molecule has 0 spiro atoms. The molecule has 1 heterocycles. The summed E-state index contributed by atoms with van der Waals surface area (Å²) in [7, 11) is -3.33. The van der Waals surface area contributed by atoms with E-state index in [1.165, 1.54) is 18.5 Å². The third-order valence-electron chi connectivity index (χ3n) is 5.34. The second-order valence-corrected chi connectivity index (χ2v) is 9.66. The summed E-state index contributed by atoms with van der Waals surface area (Å²) in [6.45, 7) is 6.45. The van der Waals surface area contributed by atoms with Gasteiger partial charge in [0, 0.05) is 30.0 Å². The Labute approximate surface area is 173 Å². The van der Waals surface area contributed by atoms with Crippen LogP contribution >= 0.6 is 0 Å². The molecule has 1 amide bonds. The van der Waals surface area contributed by atoms with E-state index in [2.05, 4.69) is 46.1 Å². The van der Waals surface area contributed by atoms with Crippen LogP contribution in [0.2, 0.25) is 0 Å². The lowest BCUT2D eigenvalue weighted by Crippen LogP contribution is -2.32. The van der Waals surface area contributed by atoms with Crippen molar-refractivity contribution in [2.45, 2.75) is 32.7 Å². The van der Waals surface area contributed by atoms with Gasteiger partial charge >= 0.3 is 0 Å². The molecule has 29 heavy (non-hydrogen) atoms. The molecule has 1 aliphatic rings. The van der Waals surface area contributed by atoms with Crippen molar-refractivity contribution < 1.29 is 13.2 Å². The van der Waals surface area contributed by atoms with E-state index < -0.39 is 10.0 Å². The average molecular weight is 416 g/mol. The molecular formula is C22H29N3O3S. The third kappa shape index (κ3) is 5.97. The van der Waals surface area contributed by atoms with Gasteiger partial charge in [-0.1, -0.05) is 19.1 Å². The van der Waals surface area contributed by atoms with Crippen molar-refractivity contribution in [1.29, 1.82) is 0 Å². The van der Waals surface area contributed by atoms with Gasteiger partial charge in [-0.15, -0.1) is 0 Å². The van der Waals surface area contributed by atoms with Crippen molar-refractivity contribution in [1.82, 2.24) is 5.32 Å². The van der Waals surface area contributed by atoms with Gasteiger partial charge in [0.25, 0.3) is 5.91 Å². The normalized spacial score (nSPS) is 16.3. The van der Waals surface area contributed by atoms with Gasteiger partial charge in [0.05, 0.1) is 12.3 Å². The maximum atomic E-state index is 12.5. The molecule has 0 saturated carbocycles. The van der Waals surface area contributed by atoms with Gasteiger partial charge in [-0.2, -0.15) is 0 Å². The largest absolute Gasteiger partial charge is 0.372 e. The number of carbonyl (C=O) groups is 1. The smallest absolute Gasteiger partial charge is 0.251 e. The summed E-state index contributed by atoms with van der Waals surface area (Å²) in [5, 5.41) is 2.99. The van der Waals surface area contributed by atoms with E-state index in [4.69, 9.17) is 0 Å². The van der Waals surface area contributed by atoms with Crippen molar-refractivity contribution >= 4 is 27.3 Å². The monoisotopic (exact) mass is 415 g/mol. The predicted octanol–water partition coefficient (Wildman–Crippen LogP) is 3.79. The Morgan fingerprint density at radius 1 is 1.03 bits per heavy atom. The van der Waals surface area contributed by atoms with Crippen LogP contribution in [0.1, 0.15) is 48.7 Å². The fourth-order valence-electron chi connectivity index (χ4n) is 3.51. The first kappa shape index (κ1) is 21.2. The van der Waals surface area contributed by atoms with Gasteiger partial charge in [0.2, 0.25) is 10.0 Å². The van der Waals surface area contributed by atoms with Crippen LogP contribution in [0.3, 0.4) is 0 Å². The van der Waals surface area contributed by atoms with Crippen LogP contribution in [0.5, 0.6) is 0 Å². The van der Waals surface area contributed by atoms with Gasteiger partial charge in [0.1, 0.15) is 0 Å². The molecule has 0 aliphatic carbocycles. The summed E-state index contributed by atoms with van der Waals surface area (Å²) in [5.74, 6) is 0.606. The number of piperidine rings is 1. The highest BCUT2D eigenvalue weighted by molar-refractivity contribution is 7.92. The van der Waals surface area contributed by atoms with Crippen molar-refractivity contribution in [3.8, 4) is 0 Å². The van der Waals surface area contributed by atoms with Crippen LogP contribution in [0.4, 0.5) is 11.4 Å². The van der Waals surface area contributed by atoms with E-state index in [1.54, 1.807) is 24.3 Å². The van der Waals surface area contributed by atoms with E-state index in [0.717, 1.165) is 30.8 Å². The zero-order valence-corrected chi connectivity index (χ0v) is 18.0. The first-order valence-corrected chi connectivity index (χ1v) is 11.8. The number of nitrogens with zero attached hydrogens (tertiary/aromatic N) is 1. The number of carbonyl (C=O) groups excluding carboxylic acids is 1. The van der Waals surface area contributed by atoms with Crippen LogP contribution in [-0.2, 0) is 10.0 Å². The molecule has 1 fully saturated rings. The second-order valence-electron chi connectivity index (χ2n) is 7.91. The molecule has 0 unspecified atom stereocenters. The fraction of sp³-hybridized carbons (Fsp3) is 0.409. The first-order chi connectivity index (χ1) is 13.7. The zero-order valence-electron chi connectivity index (χ0n) is 17.2. The number of sulfonamides is 1. The molecule has 2 aromatic rings. The summed E-state index contributed by atoms with van der Waals surface area (Å²) < 4.78 is 24.9. The maximum absolute atomic E-state index is 12.5. The minimum absolute atomic E-state index is 0.133. The molecule has 1 aliphatic heterocycles. The van der Waals surface area contributed by atoms with E-state index in [1.807, 2.05) is 6.92 Å². The third-order valence-corrected chi connectivity index (χ3v) is 5.95. The summed E-state index contributed by atoms with van der Waals surface area (Å²) in [4.78, 5) is 14.9. The van der Waals surface area contributed by atoms with E-state index in [9.17, 15) is 13.2 Å². The van der Waals surface area contributed by atoms with Crippen LogP contribution in [0.15, 0.2) is 48.5 Å². The molecule has 3 rings (SSSR count). The van der Waals surface area contributed by atoms with Gasteiger partial charge in [0.15, 0.2) is 0 Å². The van der Waals surface area contributed by atoms with Gasteiger partial charge < -0.3 is 10.2 Å². The lowest BCUT2D eigenvalue weighted by atomic mass is 9.98. The Morgan fingerprint density at radius 2 is 1.62 bits per heavy atom. The lowest BCUT2D eigenvalue weighted by Gasteiger charge is -2.32. The van der Waals surface area contributed by atoms with Crippen LogP contribution in [0, 0.1) is 5.92 Å². The van der Waals surface area contributed by atoms with Crippen molar-refractivity contribution in [2.24, 2.45) is 5.92 Å². The Kier molecular flexibility index (Phi) is 6.47. The Balaban J connectivity index is 1.59. The molecule has 2 aromatic carbocycles. The Morgan fingerprint density at radius 3 is 2.17 bits per heavy atom. The number of nitrogens with one attached hydrogen (secondary N) is 2. The number of hydrogen-bond donors (Lipinski definition) is 2. The SMILES string of the molecule is CC1CCN(c2ccc([C@@H](C)NC(=O)c3ccc(NS(C)(=O)=O)cc3)cc2)CC1. The van der Waals surface area contributed by atoms with Crippen molar-refractivity contribution in [2.75, 3.05) is 29.0 Å². The van der Waals surface area contributed by atoms with Gasteiger partial charge in [-0.3, -0.25) is 9.52 Å². The van der Waals surface area contributed by atoms with Crippen LogP contribution in [-0.4, -0.2) is 33.7 Å². The highest BCUT2D eigenvalue weighted by atomic mass is 32.2. The Hall–Kier alpha value is -2.54. The highest BCUT2D eigenvalue weighted by Gasteiger charge is 2.17. The van der Waals surface area contributed by atoms with Gasteiger partial charge in [-0.25, -0.2) is 8.42 Å². The minimum atomic E-state index is -3.33. The maximum Gasteiger partial charge on any atom is 0.251 e. The zero-order chi connectivity index (χ0) is 21.0. The summed E-state index contributed by atoms with van der Waals surface area (Å²) in [5.41, 5.74) is 3.19. The molecule has 0 bridgehead atoms. The summed E-state index contributed by atoms with van der Waals surface area (Å²) in [6.07, 6.45) is 3.55. The number of rotatable bonds is 6. The van der Waals surface area contributed by atoms with Crippen LogP contribution < -0.4 is 14.9 Å². The number of benzene rings is 2. The molecule has 1 atom stereocenters. The standard InChI is InChI=1S/C22H29N3O3S/c1-16-12-14-25(15-13-16)21-10-6-18(7-11-21)17(2)23-22(26)19-4-8-20(9-5-19)24-29(3,27)28/h4-11,16-17,24H,12-15H2,1-3H3,(H,23,26)/t17-/m1/s1. The van der Waals surface area contributed by atoms with E-state index >= 15 is 0 Å². The summed E-state index contributed by atoms with van der Waals surface area (Å²) in [6, 6.07) is 14.6. The molecule has 1 saturated heterocycles. The molecule has 2 N–H and O–H groups in total. The molecule has 0 radical (unpaired) electrons. The van der Waals surface area contributed by atoms with Crippen molar-refractivity contribution in [3.05, 3.63) is 59.7 Å². The van der Waals surface area contributed by atoms with E-state index in [-0.39, 0.29) is 11.9 Å². The fourth-order valence-corrected chi connectivity index (χ4v) is 4.07. The van der Waals surface area contributed by atoms with E-state index in [0.29, 0.717) is 11.3 Å². The molecule has 156 valence electrons. The number of hydrogen-bond acceptors (Lipinski definition) is 4. The average Bonchev–Trinajstić information content (AvgIpc) is 2.68. The number of amides is 1. The highest BCUT2D eigenvalue weighted by Crippen LogP contribution is 2.24. The predicted molar refractivity (Wildman–Crippen MR) is 118 cm³/mol.